The zero-order valence-electron chi connectivity index (χ0n) is 13.4. The first-order valence-electron chi connectivity index (χ1n) is 8.44. The molecule has 3 nitrogen and oxygen atoms in total. The van der Waals surface area contributed by atoms with E-state index >= 15 is 0 Å². The third kappa shape index (κ3) is 3.59. The van der Waals surface area contributed by atoms with Crippen molar-refractivity contribution in [2.75, 3.05) is 17.2 Å². The van der Waals surface area contributed by atoms with Crippen LogP contribution in [0, 0.1) is 0 Å². The van der Waals surface area contributed by atoms with E-state index < -0.39 is 0 Å². The molecule has 0 unspecified atom stereocenters. The van der Waals surface area contributed by atoms with Gasteiger partial charge in [0, 0.05) is 12.7 Å². The van der Waals surface area contributed by atoms with Gasteiger partial charge in [-0.1, -0.05) is 31.9 Å². The van der Waals surface area contributed by atoms with Gasteiger partial charge in [-0.15, -0.1) is 0 Å². The Morgan fingerprint density at radius 1 is 1.23 bits per heavy atom. The minimum Gasteiger partial charge on any atom is -0.383 e. The number of nitrogens with one attached hydrogen (secondary N) is 2. The van der Waals surface area contributed by atoms with Crippen molar-refractivity contribution >= 4 is 17.2 Å². The lowest BCUT2D eigenvalue weighted by Crippen LogP contribution is -2.14. The summed E-state index contributed by atoms with van der Waals surface area (Å²) in [5.41, 5.74) is 5.31. The Balaban J connectivity index is 1.87. The zero-order chi connectivity index (χ0) is 15.2. The average molecular weight is 295 g/mol. The predicted molar refractivity (Wildman–Crippen MR) is 94.0 cm³/mol. The van der Waals surface area contributed by atoms with Gasteiger partial charge < -0.3 is 10.6 Å². The van der Waals surface area contributed by atoms with E-state index in [2.05, 4.69) is 34.7 Å². The Morgan fingerprint density at radius 3 is 3.00 bits per heavy atom. The molecule has 116 valence electrons. The van der Waals surface area contributed by atoms with Crippen LogP contribution in [0.3, 0.4) is 0 Å². The Hall–Kier alpha value is -2.03. The number of hydrogen-bond donors (Lipinski definition) is 2. The van der Waals surface area contributed by atoms with Gasteiger partial charge in [0.05, 0.1) is 11.4 Å². The molecule has 2 aromatic rings. The summed E-state index contributed by atoms with van der Waals surface area (Å²) in [6.45, 7) is 3.31. The van der Waals surface area contributed by atoms with E-state index in [9.17, 15) is 0 Å². The summed E-state index contributed by atoms with van der Waals surface area (Å²) < 4.78 is 0. The average Bonchev–Trinajstić information content (AvgIpc) is 2.56. The van der Waals surface area contributed by atoms with E-state index in [1.165, 1.54) is 54.6 Å². The summed E-state index contributed by atoms with van der Waals surface area (Å²) in [5.74, 6) is 0.905. The van der Waals surface area contributed by atoms with Crippen molar-refractivity contribution in [3.05, 3.63) is 47.7 Å². The molecular formula is C19H25N3. The van der Waals surface area contributed by atoms with Crippen LogP contribution >= 0.6 is 0 Å². The maximum Gasteiger partial charge on any atom is 0.130 e. The van der Waals surface area contributed by atoms with Gasteiger partial charge in [-0.25, -0.2) is 4.98 Å². The van der Waals surface area contributed by atoms with Crippen LogP contribution in [0.25, 0.3) is 0 Å². The third-order valence-corrected chi connectivity index (χ3v) is 4.20. The van der Waals surface area contributed by atoms with Crippen LogP contribution in [-0.4, -0.2) is 11.5 Å². The van der Waals surface area contributed by atoms with E-state index in [1.54, 1.807) is 0 Å². The Bertz CT molecular complexity index is 608. The third-order valence-electron chi connectivity index (χ3n) is 4.20. The van der Waals surface area contributed by atoms with E-state index in [-0.39, 0.29) is 0 Å². The summed E-state index contributed by atoms with van der Waals surface area (Å²) in [6.07, 6.45) is 9.22. The van der Waals surface area contributed by atoms with Crippen LogP contribution < -0.4 is 10.6 Å². The molecule has 0 saturated carbocycles. The molecule has 0 saturated heterocycles. The first kappa shape index (κ1) is 14.9. The van der Waals surface area contributed by atoms with E-state index in [4.69, 9.17) is 0 Å². The molecule has 0 fully saturated rings. The molecule has 2 heterocycles. The number of benzene rings is 1. The van der Waals surface area contributed by atoms with Crippen molar-refractivity contribution < 1.29 is 0 Å². The number of unbranched alkanes of at least 4 members (excludes halogenated alkanes) is 2. The molecule has 0 aliphatic carbocycles. The van der Waals surface area contributed by atoms with Gasteiger partial charge in [0.25, 0.3) is 0 Å². The maximum absolute atomic E-state index is 4.39. The highest BCUT2D eigenvalue weighted by Gasteiger charge is 2.14. The minimum absolute atomic E-state index is 0.905. The van der Waals surface area contributed by atoms with Crippen molar-refractivity contribution in [3.8, 4) is 0 Å². The highest BCUT2D eigenvalue weighted by Crippen LogP contribution is 2.34. The number of fused-ring (bicyclic) bond motifs is 1. The zero-order valence-corrected chi connectivity index (χ0v) is 13.4. The molecule has 0 amide bonds. The quantitative estimate of drug-likeness (QED) is 0.743. The second kappa shape index (κ2) is 7.30. The van der Waals surface area contributed by atoms with Gasteiger partial charge in [0.15, 0.2) is 0 Å². The lowest BCUT2D eigenvalue weighted by Gasteiger charge is -2.23. The second-order valence-electron chi connectivity index (χ2n) is 6.00. The lowest BCUT2D eigenvalue weighted by molar-refractivity contribution is 0.716. The van der Waals surface area contributed by atoms with Gasteiger partial charge in [0.1, 0.15) is 5.82 Å². The maximum atomic E-state index is 4.39. The Kier molecular flexibility index (Phi) is 4.94. The number of aryl methyl sites for hydroxylation is 2. The van der Waals surface area contributed by atoms with Gasteiger partial charge >= 0.3 is 0 Å². The molecule has 3 heteroatoms. The first-order valence-corrected chi connectivity index (χ1v) is 8.44. The molecule has 1 aromatic carbocycles. The molecule has 1 aliphatic rings. The van der Waals surface area contributed by atoms with E-state index in [1.807, 2.05) is 24.4 Å². The smallest absolute Gasteiger partial charge is 0.130 e. The van der Waals surface area contributed by atoms with Crippen LogP contribution in [0.1, 0.15) is 43.7 Å². The predicted octanol–water partition coefficient (Wildman–Crippen LogP) is 4.92. The number of rotatable bonds is 6. The van der Waals surface area contributed by atoms with Gasteiger partial charge in [-0.3, -0.25) is 0 Å². The fourth-order valence-electron chi connectivity index (χ4n) is 3.06. The number of hydrogen-bond acceptors (Lipinski definition) is 3. The van der Waals surface area contributed by atoms with Crippen molar-refractivity contribution in [2.45, 2.75) is 45.4 Å². The lowest BCUT2D eigenvalue weighted by atomic mass is 9.96. The molecule has 0 bridgehead atoms. The Labute approximate surface area is 133 Å². The van der Waals surface area contributed by atoms with Crippen LogP contribution in [0.15, 0.2) is 36.5 Å². The molecule has 22 heavy (non-hydrogen) atoms. The topological polar surface area (TPSA) is 37.0 Å². The van der Waals surface area contributed by atoms with Crippen molar-refractivity contribution in [3.63, 3.8) is 0 Å². The van der Waals surface area contributed by atoms with Crippen LogP contribution in [-0.2, 0) is 12.8 Å². The first-order chi connectivity index (χ1) is 10.9. The number of anilines is 3. The standard InChI is InChI=1S/C19H25N3/c1-2-3-4-8-15-13-16-9-7-12-21-19(16)17(14-15)22-18-10-5-6-11-20-18/h5-6,10-11,13-14,21H,2-4,7-9,12H2,1H3,(H,20,22). The fourth-order valence-corrected chi connectivity index (χ4v) is 3.06. The molecule has 3 rings (SSSR count). The monoisotopic (exact) mass is 295 g/mol. The summed E-state index contributed by atoms with van der Waals surface area (Å²) in [4.78, 5) is 4.39. The van der Waals surface area contributed by atoms with Crippen LogP contribution in [0.5, 0.6) is 0 Å². The number of nitrogens with zero attached hydrogens (tertiary/aromatic N) is 1. The number of pyridine rings is 1. The molecular weight excluding hydrogens is 270 g/mol. The van der Waals surface area contributed by atoms with Gasteiger partial charge in [0.2, 0.25) is 0 Å². The normalized spacial score (nSPS) is 13.3. The summed E-state index contributed by atoms with van der Waals surface area (Å²) in [5, 5.41) is 7.04. The summed E-state index contributed by atoms with van der Waals surface area (Å²) in [7, 11) is 0. The number of aromatic nitrogens is 1. The van der Waals surface area contributed by atoms with Crippen molar-refractivity contribution in [2.24, 2.45) is 0 Å². The van der Waals surface area contributed by atoms with E-state index in [0.717, 1.165) is 18.8 Å². The second-order valence-corrected chi connectivity index (χ2v) is 6.00. The van der Waals surface area contributed by atoms with Gasteiger partial charge in [-0.2, -0.15) is 0 Å². The molecule has 1 aliphatic heterocycles. The molecule has 2 N–H and O–H groups in total. The van der Waals surface area contributed by atoms with Crippen molar-refractivity contribution in [1.82, 2.24) is 4.98 Å². The molecule has 0 radical (unpaired) electrons. The minimum atomic E-state index is 0.905. The molecule has 0 spiro atoms. The summed E-state index contributed by atoms with van der Waals surface area (Å²) in [6, 6.07) is 10.7. The Morgan fingerprint density at radius 2 is 2.18 bits per heavy atom. The van der Waals surface area contributed by atoms with Crippen molar-refractivity contribution in [1.29, 1.82) is 0 Å². The van der Waals surface area contributed by atoms with Gasteiger partial charge in [-0.05, 0) is 55.0 Å². The fraction of sp³-hybridized carbons (Fsp3) is 0.421. The summed E-state index contributed by atoms with van der Waals surface area (Å²) >= 11 is 0. The highest BCUT2D eigenvalue weighted by atomic mass is 15.0. The molecule has 0 atom stereocenters. The van der Waals surface area contributed by atoms with E-state index in [0.29, 0.717) is 0 Å². The van der Waals surface area contributed by atoms with Crippen LogP contribution in [0.2, 0.25) is 0 Å². The SMILES string of the molecule is CCCCCc1cc2c(c(Nc3ccccn3)c1)NCCC2. The largest absolute Gasteiger partial charge is 0.383 e. The van der Waals surface area contributed by atoms with Crippen LogP contribution in [0.4, 0.5) is 17.2 Å². The molecule has 1 aromatic heterocycles. The highest BCUT2D eigenvalue weighted by molar-refractivity contribution is 5.78.